The molecule has 2 aromatic rings. The molecule has 3 rings (SSSR count). The van der Waals surface area contributed by atoms with Crippen molar-refractivity contribution in [3.05, 3.63) is 34.2 Å². The molecule has 2 aromatic heterocycles. The van der Waals surface area contributed by atoms with Crippen LogP contribution in [0.2, 0.25) is 10.0 Å². The van der Waals surface area contributed by atoms with Crippen molar-refractivity contribution in [3.8, 4) is 0 Å². The van der Waals surface area contributed by atoms with Crippen molar-refractivity contribution in [2.24, 2.45) is 11.1 Å². The van der Waals surface area contributed by atoms with Gasteiger partial charge in [-0.1, -0.05) is 30.1 Å². The van der Waals surface area contributed by atoms with Gasteiger partial charge in [-0.05, 0) is 31.0 Å². The van der Waals surface area contributed by atoms with Crippen LogP contribution in [0.15, 0.2) is 18.5 Å². The van der Waals surface area contributed by atoms with Gasteiger partial charge in [-0.25, -0.2) is 4.98 Å². The molecule has 0 radical (unpaired) electrons. The van der Waals surface area contributed by atoms with Crippen molar-refractivity contribution in [1.82, 2.24) is 14.3 Å². The Labute approximate surface area is 128 Å². The molecule has 0 aromatic carbocycles. The molecular formula is C14H18Cl2N4. The van der Waals surface area contributed by atoms with Gasteiger partial charge in [0.05, 0.1) is 15.7 Å². The lowest BCUT2D eigenvalue weighted by molar-refractivity contribution is 0.272. The first-order chi connectivity index (χ1) is 9.49. The molecule has 1 aliphatic heterocycles. The lowest BCUT2D eigenvalue weighted by Crippen LogP contribution is -2.31. The summed E-state index contributed by atoms with van der Waals surface area (Å²) in [4.78, 5) is 6.98. The maximum atomic E-state index is 6.16. The molecule has 6 heteroatoms. The average molecular weight is 313 g/mol. The largest absolute Gasteiger partial charge is 0.330 e. The molecule has 1 unspecified atom stereocenters. The minimum atomic E-state index is 0.236. The Hall–Kier alpha value is -0.810. The Bertz CT molecular complexity index is 639. The number of imidazole rings is 1. The van der Waals surface area contributed by atoms with Crippen LogP contribution in [-0.2, 0) is 6.54 Å². The van der Waals surface area contributed by atoms with Gasteiger partial charge in [0.2, 0.25) is 0 Å². The molecule has 1 fully saturated rings. The van der Waals surface area contributed by atoms with Gasteiger partial charge in [0.25, 0.3) is 0 Å². The molecule has 1 saturated heterocycles. The van der Waals surface area contributed by atoms with E-state index in [2.05, 4.69) is 16.8 Å². The number of likely N-dealkylation sites (tertiary alicyclic amines) is 1. The fraction of sp³-hybridized carbons (Fsp3) is 0.500. The fourth-order valence-corrected chi connectivity index (χ4v) is 3.34. The van der Waals surface area contributed by atoms with E-state index in [1.807, 2.05) is 16.8 Å². The first-order valence-corrected chi connectivity index (χ1v) is 7.50. The smallest absolute Gasteiger partial charge is 0.156 e. The Balaban J connectivity index is 1.80. The minimum Gasteiger partial charge on any atom is -0.330 e. The van der Waals surface area contributed by atoms with E-state index in [4.69, 9.17) is 28.9 Å². The lowest BCUT2D eigenvalue weighted by atomic mass is 9.90. The van der Waals surface area contributed by atoms with E-state index in [9.17, 15) is 0 Å². The summed E-state index contributed by atoms with van der Waals surface area (Å²) < 4.78 is 1.89. The maximum absolute atomic E-state index is 6.16. The number of aromatic nitrogens is 2. The summed E-state index contributed by atoms with van der Waals surface area (Å²) in [6.07, 6.45) is 4.96. The molecule has 0 spiro atoms. The zero-order valence-electron chi connectivity index (χ0n) is 11.4. The number of rotatable bonds is 3. The SMILES string of the molecule is CC1(CN)CCN(Cc2cn3cc(Cl)cc(Cl)c3n2)C1. The van der Waals surface area contributed by atoms with E-state index in [1.165, 1.54) is 0 Å². The summed E-state index contributed by atoms with van der Waals surface area (Å²) in [5.41, 5.74) is 7.85. The van der Waals surface area contributed by atoms with Crippen molar-refractivity contribution < 1.29 is 0 Å². The lowest BCUT2D eigenvalue weighted by Gasteiger charge is -2.22. The predicted molar refractivity (Wildman–Crippen MR) is 82.3 cm³/mol. The molecule has 0 saturated carbocycles. The Morgan fingerprint density at radius 1 is 1.40 bits per heavy atom. The van der Waals surface area contributed by atoms with Crippen LogP contribution in [0.1, 0.15) is 19.0 Å². The molecular weight excluding hydrogens is 295 g/mol. The van der Waals surface area contributed by atoms with Crippen molar-refractivity contribution in [2.75, 3.05) is 19.6 Å². The van der Waals surface area contributed by atoms with Gasteiger partial charge in [0.1, 0.15) is 0 Å². The number of halogens is 2. The summed E-state index contributed by atoms with van der Waals surface area (Å²) in [7, 11) is 0. The van der Waals surface area contributed by atoms with Crippen LogP contribution in [0.25, 0.3) is 5.65 Å². The second kappa shape index (κ2) is 5.19. The van der Waals surface area contributed by atoms with Crippen molar-refractivity contribution in [1.29, 1.82) is 0 Å². The highest BCUT2D eigenvalue weighted by Gasteiger charge is 2.32. The zero-order valence-corrected chi connectivity index (χ0v) is 13.0. The van der Waals surface area contributed by atoms with Crippen LogP contribution in [0, 0.1) is 5.41 Å². The van der Waals surface area contributed by atoms with Gasteiger partial charge in [0, 0.05) is 25.5 Å². The third-order valence-corrected chi connectivity index (χ3v) is 4.52. The third-order valence-electron chi connectivity index (χ3n) is 4.04. The molecule has 0 aliphatic carbocycles. The molecule has 108 valence electrons. The van der Waals surface area contributed by atoms with Gasteiger partial charge in [-0.2, -0.15) is 0 Å². The van der Waals surface area contributed by atoms with E-state index < -0.39 is 0 Å². The summed E-state index contributed by atoms with van der Waals surface area (Å²) in [6, 6.07) is 1.72. The monoisotopic (exact) mass is 312 g/mol. The Kier molecular flexibility index (Phi) is 3.67. The summed E-state index contributed by atoms with van der Waals surface area (Å²) in [6.45, 7) is 5.89. The second-order valence-electron chi connectivity index (χ2n) is 5.94. The molecule has 0 amide bonds. The number of nitrogens with zero attached hydrogens (tertiary/aromatic N) is 3. The van der Waals surface area contributed by atoms with E-state index in [1.54, 1.807) is 6.07 Å². The third kappa shape index (κ3) is 2.66. The van der Waals surface area contributed by atoms with E-state index >= 15 is 0 Å². The van der Waals surface area contributed by atoms with E-state index in [0.29, 0.717) is 10.0 Å². The molecule has 3 heterocycles. The van der Waals surface area contributed by atoms with Crippen molar-refractivity contribution >= 4 is 28.8 Å². The summed E-state index contributed by atoms with van der Waals surface area (Å²) in [5, 5.41) is 1.19. The summed E-state index contributed by atoms with van der Waals surface area (Å²) in [5.74, 6) is 0. The highest BCUT2D eigenvalue weighted by atomic mass is 35.5. The van der Waals surface area contributed by atoms with Gasteiger partial charge in [-0.15, -0.1) is 0 Å². The fourth-order valence-electron chi connectivity index (χ4n) is 2.81. The zero-order chi connectivity index (χ0) is 14.3. The van der Waals surface area contributed by atoms with Crippen LogP contribution >= 0.6 is 23.2 Å². The van der Waals surface area contributed by atoms with Crippen LogP contribution < -0.4 is 5.73 Å². The first kappa shape index (κ1) is 14.1. The highest BCUT2D eigenvalue weighted by molar-refractivity contribution is 6.36. The number of hydrogen-bond acceptors (Lipinski definition) is 3. The summed E-state index contributed by atoms with van der Waals surface area (Å²) >= 11 is 12.2. The number of nitrogens with two attached hydrogens (primary N) is 1. The van der Waals surface area contributed by atoms with Crippen LogP contribution in [-0.4, -0.2) is 33.9 Å². The van der Waals surface area contributed by atoms with Gasteiger partial charge < -0.3 is 10.1 Å². The van der Waals surface area contributed by atoms with Crippen LogP contribution in [0.5, 0.6) is 0 Å². The predicted octanol–water partition coefficient (Wildman–Crippen LogP) is 2.81. The first-order valence-electron chi connectivity index (χ1n) is 6.74. The van der Waals surface area contributed by atoms with Crippen LogP contribution in [0.3, 0.4) is 0 Å². The standard InChI is InChI=1S/C14H18Cl2N4/c1-14(8-17)2-3-19(9-14)6-11-7-20-5-10(15)4-12(16)13(20)18-11/h4-5,7H,2-3,6,8-9,17H2,1H3. The molecule has 20 heavy (non-hydrogen) atoms. The van der Waals surface area contributed by atoms with E-state index in [-0.39, 0.29) is 5.41 Å². The molecule has 1 aliphatic rings. The Morgan fingerprint density at radius 2 is 2.20 bits per heavy atom. The molecule has 1 atom stereocenters. The Morgan fingerprint density at radius 3 is 2.90 bits per heavy atom. The van der Waals surface area contributed by atoms with Crippen molar-refractivity contribution in [3.63, 3.8) is 0 Å². The second-order valence-corrected chi connectivity index (χ2v) is 6.79. The maximum Gasteiger partial charge on any atom is 0.156 e. The van der Waals surface area contributed by atoms with Crippen LogP contribution in [0.4, 0.5) is 0 Å². The number of pyridine rings is 1. The number of fused-ring (bicyclic) bond motifs is 1. The van der Waals surface area contributed by atoms with E-state index in [0.717, 1.165) is 43.9 Å². The van der Waals surface area contributed by atoms with Crippen molar-refractivity contribution in [2.45, 2.75) is 19.9 Å². The molecule has 4 nitrogen and oxygen atoms in total. The molecule has 2 N–H and O–H groups in total. The quantitative estimate of drug-likeness (QED) is 0.948. The highest BCUT2D eigenvalue weighted by Crippen LogP contribution is 2.29. The normalized spacial score (nSPS) is 23.8. The molecule has 0 bridgehead atoms. The number of hydrogen-bond donors (Lipinski definition) is 1. The average Bonchev–Trinajstić information content (AvgIpc) is 2.94. The minimum absolute atomic E-state index is 0.236. The van der Waals surface area contributed by atoms with Gasteiger partial charge in [0.15, 0.2) is 5.65 Å². The topological polar surface area (TPSA) is 46.6 Å². The van der Waals surface area contributed by atoms with Gasteiger partial charge >= 0.3 is 0 Å². The van der Waals surface area contributed by atoms with Gasteiger partial charge in [-0.3, -0.25) is 4.90 Å².